The number of carbonyl (C=O) groups is 1. The van der Waals surface area contributed by atoms with E-state index in [0.717, 1.165) is 61.4 Å². The van der Waals surface area contributed by atoms with Crippen molar-refractivity contribution in [2.75, 3.05) is 25.4 Å². The Morgan fingerprint density at radius 3 is 3.14 bits per heavy atom. The topological polar surface area (TPSA) is 101 Å². The molecule has 3 rings (SSSR count). The number of nitrogens with one attached hydrogen (secondary N) is 1. The Hall–Kier alpha value is -2.08. The molecule has 0 bridgehead atoms. The molecule has 1 atom stereocenters. The van der Waals surface area contributed by atoms with Crippen molar-refractivity contribution in [3.05, 3.63) is 24.0 Å². The lowest BCUT2D eigenvalue weighted by Gasteiger charge is -2.30. The van der Waals surface area contributed by atoms with E-state index >= 15 is 0 Å². The number of aromatic nitrogens is 2. The van der Waals surface area contributed by atoms with Gasteiger partial charge in [0.1, 0.15) is 5.82 Å². The normalized spacial score (nSPS) is 19.9. The summed E-state index contributed by atoms with van der Waals surface area (Å²) in [5.74, 6) is 0.768. The first-order chi connectivity index (χ1) is 10.1. The molecule has 0 aliphatic carbocycles. The molecular formula is C15H21N5O. The van der Waals surface area contributed by atoms with E-state index in [1.54, 1.807) is 0 Å². The van der Waals surface area contributed by atoms with Gasteiger partial charge >= 0.3 is 0 Å². The minimum Gasteiger partial charge on any atom is -0.399 e. The van der Waals surface area contributed by atoms with Crippen LogP contribution in [-0.4, -0.2) is 40.4 Å². The van der Waals surface area contributed by atoms with E-state index in [0.29, 0.717) is 0 Å². The van der Waals surface area contributed by atoms with Crippen molar-refractivity contribution in [2.24, 2.45) is 11.7 Å². The Morgan fingerprint density at radius 2 is 2.33 bits per heavy atom. The zero-order valence-corrected chi connectivity index (χ0v) is 12.0. The number of carbonyl (C=O) groups excluding carboxylic acids is 1. The second kappa shape index (κ2) is 5.73. The highest BCUT2D eigenvalue weighted by Gasteiger charge is 2.23. The van der Waals surface area contributed by atoms with Gasteiger partial charge < -0.3 is 21.4 Å². The first-order valence-electron chi connectivity index (χ1n) is 7.37. The van der Waals surface area contributed by atoms with E-state index in [9.17, 15) is 4.79 Å². The molecule has 1 aliphatic rings. The van der Waals surface area contributed by atoms with Crippen LogP contribution in [0.5, 0.6) is 0 Å². The Labute approximate surface area is 123 Å². The quantitative estimate of drug-likeness (QED) is 0.727. The minimum absolute atomic E-state index is 0.00535. The van der Waals surface area contributed by atoms with Crippen molar-refractivity contribution >= 4 is 22.6 Å². The van der Waals surface area contributed by atoms with Crippen molar-refractivity contribution in [1.29, 1.82) is 0 Å². The van der Waals surface area contributed by atoms with Gasteiger partial charge in [0.2, 0.25) is 5.91 Å². The fourth-order valence-electron chi connectivity index (χ4n) is 2.95. The van der Waals surface area contributed by atoms with Crippen LogP contribution in [-0.2, 0) is 11.2 Å². The molecule has 21 heavy (non-hydrogen) atoms. The first-order valence-corrected chi connectivity index (χ1v) is 7.37. The van der Waals surface area contributed by atoms with Gasteiger partial charge in [-0.1, -0.05) is 0 Å². The smallest absolute Gasteiger partial charge is 0.221 e. The molecule has 1 amide bonds. The molecule has 0 saturated carbocycles. The highest BCUT2D eigenvalue weighted by atomic mass is 16.1. The second-order valence-corrected chi connectivity index (χ2v) is 5.75. The lowest BCUT2D eigenvalue weighted by molar-refractivity contribution is -0.123. The van der Waals surface area contributed by atoms with E-state index in [1.807, 2.05) is 18.2 Å². The molecule has 1 aromatic heterocycles. The predicted octanol–water partition coefficient (Wildman–Crippen LogP) is 0.885. The van der Waals surface area contributed by atoms with Gasteiger partial charge in [-0.15, -0.1) is 0 Å². The zero-order valence-electron chi connectivity index (χ0n) is 12.0. The fourth-order valence-corrected chi connectivity index (χ4v) is 2.95. The second-order valence-electron chi connectivity index (χ2n) is 5.75. The third-order valence-electron chi connectivity index (χ3n) is 4.13. The lowest BCUT2D eigenvalue weighted by Crippen LogP contribution is -2.41. The SMILES string of the molecule is NC(=O)C1CCCN(CCc2nc3ccc(N)cc3[nH]2)C1. The number of likely N-dealkylation sites (tertiary alicyclic amines) is 1. The Bertz CT molecular complexity index is 651. The molecule has 1 saturated heterocycles. The third kappa shape index (κ3) is 3.16. The summed E-state index contributed by atoms with van der Waals surface area (Å²) in [6.45, 7) is 2.68. The number of imidazole rings is 1. The monoisotopic (exact) mass is 287 g/mol. The fraction of sp³-hybridized carbons (Fsp3) is 0.467. The molecule has 0 spiro atoms. The molecule has 2 heterocycles. The van der Waals surface area contributed by atoms with Crippen LogP contribution in [0, 0.1) is 5.92 Å². The zero-order chi connectivity index (χ0) is 14.8. The van der Waals surface area contributed by atoms with Crippen LogP contribution >= 0.6 is 0 Å². The number of nitrogens with zero attached hydrogens (tertiary/aromatic N) is 2. The van der Waals surface area contributed by atoms with E-state index in [1.165, 1.54) is 0 Å². The number of primary amides is 1. The van der Waals surface area contributed by atoms with Crippen LogP contribution in [0.25, 0.3) is 11.0 Å². The summed E-state index contributed by atoms with van der Waals surface area (Å²) in [7, 11) is 0. The van der Waals surface area contributed by atoms with Gasteiger partial charge in [-0.25, -0.2) is 4.98 Å². The van der Waals surface area contributed by atoms with E-state index in [2.05, 4.69) is 14.9 Å². The van der Waals surface area contributed by atoms with Gasteiger partial charge in [0.25, 0.3) is 0 Å². The lowest BCUT2D eigenvalue weighted by atomic mass is 9.97. The Balaban J connectivity index is 1.62. The average molecular weight is 287 g/mol. The number of benzene rings is 1. The van der Waals surface area contributed by atoms with Crippen LogP contribution in [0.2, 0.25) is 0 Å². The number of H-pyrrole nitrogens is 1. The largest absolute Gasteiger partial charge is 0.399 e. The number of fused-ring (bicyclic) bond motifs is 1. The molecule has 1 unspecified atom stereocenters. The highest BCUT2D eigenvalue weighted by molar-refractivity contribution is 5.78. The van der Waals surface area contributed by atoms with Crippen molar-refractivity contribution in [1.82, 2.24) is 14.9 Å². The van der Waals surface area contributed by atoms with Gasteiger partial charge in [0, 0.05) is 25.2 Å². The first kappa shape index (κ1) is 13.9. The van der Waals surface area contributed by atoms with Gasteiger partial charge in [-0.3, -0.25) is 4.79 Å². The Morgan fingerprint density at radius 1 is 1.48 bits per heavy atom. The molecule has 1 aromatic carbocycles. The molecule has 1 aliphatic heterocycles. The number of hydrogen-bond donors (Lipinski definition) is 3. The average Bonchev–Trinajstić information content (AvgIpc) is 2.87. The van der Waals surface area contributed by atoms with Crippen molar-refractivity contribution in [2.45, 2.75) is 19.3 Å². The van der Waals surface area contributed by atoms with Gasteiger partial charge in [0.15, 0.2) is 0 Å². The van der Waals surface area contributed by atoms with E-state index < -0.39 is 0 Å². The van der Waals surface area contributed by atoms with Gasteiger partial charge in [-0.05, 0) is 37.6 Å². The van der Waals surface area contributed by atoms with Crippen LogP contribution in [0.15, 0.2) is 18.2 Å². The van der Waals surface area contributed by atoms with Crippen LogP contribution in [0.4, 0.5) is 5.69 Å². The minimum atomic E-state index is -0.182. The van der Waals surface area contributed by atoms with Crippen molar-refractivity contribution in [3.63, 3.8) is 0 Å². The summed E-state index contributed by atoms with van der Waals surface area (Å²) in [5, 5.41) is 0. The van der Waals surface area contributed by atoms with E-state index in [-0.39, 0.29) is 11.8 Å². The summed E-state index contributed by atoms with van der Waals surface area (Å²) >= 11 is 0. The number of anilines is 1. The number of rotatable bonds is 4. The molecule has 112 valence electrons. The molecule has 2 aromatic rings. The molecule has 1 fully saturated rings. The van der Waals surface area contributed by atoms with Crippen LogP contribution in [0.1, 0.15) is 18.7 Å². The molecule has 6 heteroatoms. The number of nitrogens with two attached hydrogens (primary N) is 2. The summed E-state index contributed by atoms with van der Waals surface area (Å²) in [6.07, 6.45) is 2.78. The predicted molar refractivity (Wildman–Crippen MR) is 82.6 cm³/mol. The maximum absolute atomic E-state index is 11.3. The number of nitrogen functional groups attached to an aromatic ring is 1. The van der Waals surface area contributed by atoms with Crippen LogP contribution in [0.3, 0.4) is 0 Å². The number of aromatic amines is 1. The van der Waals surface area contributed by atoms with Crippen molar-refractivity contribution in [3.8, 4) is 0 Å². The molecule has 0 radical (unpaired) electrons. The van der Waals surface area contributed by atoms with Crippen LogP contribution < -0.4 is 11.5 Å². The molecule has 6 nitrogen and oxygen atoms in total. The number of hydrogen-bond acceptors (Lipinski definition) is 4. The number of amides is 1. The maximum atomic E-state index is 11.3. The third-order valence-corrected chi connectivity index (χ3v) is 4.13. The summed E-state index contributed by atoms with van der Waals surface area (Å²) in [5.41, 5.74) is 13.8. The summed E-state index contributed by atoms with van der Waals surface area (Å²) in [6, 6.07) is 5.68. The molecule has 5 N–H and O–H groups in total. The standard InChI is InChI=1S/C15H21N5O/c16-11-3-4-12-13(8-11)19-14(18-12)5-7-20-6-1-2-10(9-20)15(17)21/h3-4,8,10H,1-2,5-7,9,16H2,(H2,17,21)(H,18,19). The summed E-state index contributed by atoms with van der Waals surface area (Å²) < 4.78 is 0. The Kier molecular flexibility index (Phi) is 3.79. The van der Waals surface area contributed by atoms with E-state index in [4.69, 9.17) is 11.5 Å². The van der Waals surface area contributed by atoms with Gasteiger partial charge in [0.05, 0.1) is 17.0 Å². The number of piperidine rings is 1. The highest BCUT2D eigenvalue weighted by Crippen LogP contribution is 2.18. The van der Waals surface area contributed by atoms with Crippen molar-refractivity contribution < 1.29 is 4.79 Å². The maximum Gasteiger partial charge on any atom is 0.221 e. The molecular weight excluding hydrogens is 266 g/mol. The summed E-state index contributed by atoms with van der Waals surface area (Å²) in [4.78, 5) is 21.4. The van der Waals surface area contributed by atoms with Gasteiger partial charge in [-0.2, -0.15) is 0 Å².